The second-order valence-electron chi connectivity index (χ2n) is 4.42. The van der Waals surface area contributed by atoms with Crippen molar-refractivity contribution >= 4 is 22.4 Å². The highest BCUT2D eigenvalue weighted by Crippen LogP contribution is 2.30. The maximum Gasteiger partial charge on any atom is 0.0577 e. The van der Waals surface area contributed by atoms with Crippen LogP contribution in [0.4, 0.5) is 0 Å². The van der Waals surface area contributed by atoms with Gasteiger partial charge in [-0.2, -0.15) is 0 Å². The van der Waals surface area contributed by atoms with E-state index < -0.39 is 10.8 Å². The second kappa shape index (κ2) is 5.98. The molecule has 0 bridgehead atoms. The summed E-state index contributed by atoms with van der Waals surface area (Å²) in [6.07, 6.45) is 3.13. The van der Waals surface area contributed by atoms with Gasteiger partial charge in [-0.15, -0.1) is 0 Å². The molecule has 3 atom stereocenters. The third-order valence-corrected chi connectivity index (χ3v) is 5.50. The highest BCUT2D eigenvalue weighted by Gasteiger charge is 2.29. The van der Waals surface area contributed by atoms with Gasteiger partial charge in [-0.3, -0.25) is 4.21 Å². The minimum Gasteiger partial charge on any atom is -0.314 e. The van der Waals surface area contributed by atoms with Crippen molar-refractivity contribution in [2.45, 2.75) is 42.4 Å². The lowest BCUT2D eigenvalue weighted by atomic mass is 10.2. The summed E-state index contributed by atoms with van der Waals surface area (Å²) in [4.78, 5) is 0.788. The van der Waals surface area contributed by atoms with Gasteiger partial charge < -0.3 is 5.32 Å². The first-order chi connectivity index (χ1) is 8.22. The van der Waals surface area contributed by atoms with Gasteiger partial charge in [-0.05, 0) is 37.9 Å². The van der Waals surface area contributed by atoms with Crippen LogP contribution in [-0.2, 0) is 10.8 Å². The first-order valence-corrected chi connectivity index (χ1v) is 7.70. The van der Waals surface area contributed by atoms with Gasteiger partial charge in [-0.1, -0.05) is 30.7 Å². The Hall–Kier alpha value is -0.380. The molecule has 1 aromatic rings. The molecule has 0 saturated heterocycles. The quantitative estimate of drug-likeness (QED) is 0.912. The van der Waals surface area contributed by atoms with Crippen molar-refractivity contribution in [2.24, 2.45) is 0 Å². The molecule has 1 aromatic carbocycles. The lowest BCUT2D eigenvalue weighted by Gasteiger charge is -2.12. The molecule has 0 heterocycles. The molecule has 1 aliphatic rings. The van der Waals surface area contributed by atoms with E-state index in [1.807, 2.05) is 24.3 Å². The molecule has 4 heteroatoms. The molecular weight excluding hydrogens is 254 g/mol. The first kappa shape index (κ1) is 13.1. The fourth-order valence-electron chi connectivity index (χ4n) is 2.40. The van der Waals surface area contributed by atoms with E-state index in [0.29, 0.717) is 11.1 Å². The molecular formula is C13H18ClNOS. The van der Waals surface area contributed by atoms with Gasteiger partial charge in [0, 0.05) is 11.3 Å². The highest BCUT2D eigenvalue weighted by molar-refractivity contribution is 7.85. The van der Waals surface area contributed by atoms with Crippen LogP contribution < -0.4 is 5.32 Å². The van der Waals surface area contributed by atoms with E-state index in [9.17, 15) is 4.21 Å². The van der Waals surface area contributed by atoms with E-state index in [4.69, 9.17) is 11.6 Å². The summed E-state index contributed by atoms with van der Waals surface area (Å²) in [6.45, 7) is 3.09. The van der Waals surface area contributed by atoms with Crippen LogP contribution in [0.2, 0.25) is 5.02 Å². The molecule has 1 aliphatic carbocycles. The summed E-state index contributed by atoms with van der Waals surface area (Å²) >= 11 is 6.09. The van der Waals surface area contributed by atoms with E-state index in [0.717, 1.165) is 30.7 Å². The van der Waals surface area contributed by atoms with E-state index in [2.05, 4.69) is 12.2 Å². The van der Waals surface area contributed by atoms with Crippen molar-refractivity contribution in [3.63, 3.8) is 0 Å². The van der Waals surface area contributed by atoms with Crippen molar-refractivity contribution in [1.29, 1.82) is 0 Å². The van der Waals surface area contributed by atoms with E-state index >= 15 is 0 Å². The van der Waals surface area contributed by atoms with Gasteiger partial charge in [0.25, 0.3) is 0 Å². The third-order valence-electron chi connectivity index (χ3n) is 3.23. The number of nitrogens with one attached hydrogen (secondary N) is 1. The molecule has 2 rings (SSSR count). The molecule has 2 nitrogen and oxygen atoms in total. The largest absolute Gasteiger partial charge is 0.314 e. The zero-order valence-electron chi connectivity index (χ0n) is 9.99. The Bertz CT molecular complexity index is 410. The van der Waals surface area contributed by atoms with E-state index in [-0.39, 0.29) is 5.25 Å². The van der Waals surface area contributed by atoms with Crippen LogP contribution in [0.1, 0.15) is 26.2 Å². The fraction of sp³-hybridized carbons (Fsp3) is 0.538. The lowest BCUT2D eigenvalue weighted by molar-refractivity contribution is 0.542. The topological polar surface area (TPSA) is 29.1 Å². The standard InChI is InChI=1S/C13H18ClNOS/c1-2-15-10-7-8-11(9-10)17(16)13-6-4-3-5-12(13)14/h3-6,10-11,15H,2,7-9H2,1H3. The maximum absolute atomic E-state index is 12.4. The lowest BCUT2D eigenvalue weighted by Crippen LogP contribution is -2.27. The Balaban J connectivity index is 2.05. The van der Waals surface area contributed by atoms with Crippen LogP contribution in [-0.4, -0.2) is 22.0 Å². The molecule has 17 heavy (non-hydrogen) atoms. The molecule has 0 aromatic heterocycles. The smallest absolute Gasteiger partial charge is 0.0577 e. The van der Waals surface area contributed by atoms with Crippen molar-refractivity contribution in [3.05, 3.63) is 29.3 Å². The zero-order chi connectivity index (χ0) is 12.3. The third kappa shape index (κ3) is 3.09. The van der Waals surface area contributed by atoms with Crippen LogP contribution in [0, 0.1) is 0 Å². The highest BCUT2D eigenvalue weighted by atomic mass is 35.5. The summed E-state index contributed by atoms with van der Waals surface area (Å²) in [5.74, 6) is 0. The summed E-state index contributed by atoms with van der Waals surface area (Å²) in [6, 6.07) is 7.98. The van der Waals surface area contributed by atoms with Gasteiger partial charge in [0.1, 0.15) is 0 Å². The minimum atomic E-state index is -0.967. The van der Waals surface area contributed by atoms with Gasteiger partial charge >= 0.3 is 0 Å². The molecule has 1 saturated carbocycles. The Kier molecular flexibility index (Phi) is 4.60. The van der Waals surface area contributed by atoms with Crippen LogP contribution in [0.3, 0.4) is 0 Å². The second-order valence-corrected chi connectivity index (χ2v) is 6.53. The predicted molar refractivity (Wildman–Crippen MR) is 73.0 cm³/mol. The number of hydrogen-bond donors (Lipinski definition) is 1. The Morgan fingerprint density at radius 1 is 1.41 bits per heavy atom. The maximum atomic E-state index is 12.4. The molecule has 0 radical (unpaired) electrons. The molecule has 1 fully saturated rings. The van der Waals surface area contributed by atoms with E-state index in [1.54, 1.807) is 0 Å². The average Bonchev–Trinajstić information content (AvgIpc) is 2.78. The van der Waals surface area contributed by atoms with E-state index in [1.165, 1.54) is 0 Å². The van der Waals surface area contributed by atoms with Crippen molar-refractivity contribution in [1.82, 2.24) is 5.32 Å². The summed E-state index contributed by atoms with van der Waals surface area (Å²) < 4.78 is 12.4. The van der Waals surface area contributed by atoms with Crippen LogP contribution in [0.25, 0.3) is 0 Å². The van der Waals surface area contributed by atoms with Gasteiger partial charge in [0.2, 0.25) is 0 Å². The number of benzene rings is 1. The monoisotopic (exact) mass is 271 g/mol. The molecule has 3 unspecified atom stereocenters. The SMILES string of the molecule is CCNC1CCC(S(=O)c2ccccc2Cl)C1. The van der Waals surface area contributed by atoms with Crippen LogP contribution in [0.5, 0.6) is 0 Å². The minimum absolute atomic E-state index is 0.249. The number of rotatable bonds is 4. The Morgan fingerprint density at radius 3 is 2.88 bits per heavy atom. The van der Waals surface area contributed by atoms with Gasteiger partial charge in [0.05, 0.1) is 20.7 Å². The normalized spacial score (nSPS) is 26.0. The van der Waals surface area contributed by atoms with Gasteiger partial charge in [-0.25, -0.2) is 0 Å². The van der Waals surface area contributed by atoms with Crippen molar-refractivity contribution in [2.75, 3.05) is 6.54 Å². The first-order valence-electron chi connectivity index (χ1n) is 6.11. The molecule has 1 N–H and O–H groups in total. The summed E-state index contributed by atoms with van der Waals surface area (Å²) in [5.41, 5.74) is 0. The molecule has 0 aliphatic heterocycles. The number of halogens is 1. The summed E-state index contributed by atoms with van der Waals surface area (Å²) in [5, 5.41) is 4.30. The van der Waals surface area contributed by atoms with Crippen LogP contribution >= 0.6 is 11.6 Å². The zero-order valence-corrected chi connectivity index (χ0v) is 11.6. The number of hydrogen-bond acceptors (Lipinski definition) is 2. The molecule has 0 amide bonds. The fourth-order valence-corrected chi connectivity index (χ4v) is 4.35. The molecule has 94 valence electrons. The Labute approximate surface area is 110 Å². The summed E-state index contributed by atoms with van der Waals surface area (Å²) in [7, 11) is -0.967. The van der Waals surface area contributed by atoms with Crippen molar-refractivity contribution < 1.29 is 4.21 Å². The van der Waals surface area contributed by atoms with Crippen LogP contribution in [0.15, 0.2) is 29.2 Å². The predicted octanol–water partition coefficient (Wildman–Crippen LogP) is 2.98. The Morgan fingerprint density at radius 2 is 2.18 bits per heavy atom. The average molecular weight is 272 g/mol. The van der Waals surface area contributed by atoms with Crippen molar-refractivity contribution in [3.8, 4) is 0 Å². The molecule has 0 spiro atoms. The van der Waals surface area contributed by atoms with Gasteiger partial charge in [0.15, 0.2) is 0 Å².